The standard InChI is InChI=1S/C41H47N5O4/c1-40(2,3)49-38(47)44-24-20-32(21-25-44)30-12-16-34(17-13-30)36-42-43-37(46(36)28-29-10-8-7-9-11-29)35-18-14-31(15-19-35)33-22-26-45(27-23-33)39(48)50-41(4,5)6/h7-20,22H,21,23-28H2,1-6H3. The first-order valence-corrected chi connectivity index (χ1v) is 17.4. The van der Waals surface area contributed by atoms with Crippen molar-refractivity contribution in [2.24, 2.45) is 0 Å². The third-order valence-corrected chi connectivity index (χ3v) is 8.68. The molecule has 0 N–H and O–H groups in total. The average molecular weight is 674 g/mol. The van der Waals surface area contributed by atoms with Crippen LogP contribution in [0.1, 0.15) is 71.1 Å². The number of carbonyl (C=O) groups excluding carboxylic acids is 2. The molecule has 0 unspecified atom stereocenters. The molecule has 0 radical (unpaired) electrons. The van der Waals surface area contributed by atoms with E-state index in [1.54, 1.807) is 9.80 Å². The Bertz CT molecular complexity index is 1760. The Morgan fingerprint density at radius 2 is 1.00 bits per heavy atom. The van der Waals surface area contributed by atoms with Crippen molar-refractivity contribution in [3.63, 3.8) is 0 Å². The van der Waals surface area contributed by atoms with E-state index in [4.69, 9.17) is 19.7 Å². The van der Waals surface area contributed by atoms with Gasteiger partial charge in [-0.2, -0.15) is 0 Å². The molecule has 0 saturated carbocycles. The van der Waals surface area contributed by atoms with E-state index in [1.165, 1.54) is 11.1 Å². The Morgan fingerprint density at radius 3 is 1.36 bits per heavy atom. The normalized spacial score (nSPS) is 15.3. The van der Waals surface area contributed by atoms with Crippen LogP contribution in [0.3, 0.4) is 0 Å². The molecule has 2 amide bonds. The summed E-state index contributed by atoms with van der Waals surface area (Å²) in [6.07, 6.45) is 5.21. The maximum atomic E-state index is 12.5. The predicted octanol–water partition coefficient (Wildman–Crippen LogP) is 8.71. The zero-order valence-electron chi connectivity index (χ0n) is 30.0. The summed E-state index contributed by atoms with van der Waals surface area (Å²) in [4.78, 5) is 28.5. The van der Waals surface area contributed by atoms with Gasteiger partial charge in [-0.3, -0.25) is 0 Å². The summed E-state index contributed by atoms with van der Waals surface area (Å²) in [5.41, 5.74) is 6.80. The number of amides is 2. The maximum absolute atomic E-state index is 12.5. The zero-order chi connectivity index (χ0) is 35.5. The molecule has 0 atom stereocenters. The molecule has 3 heterocycles. The third kappa shape index (κ3) is 8.51. The minimum absolute atomic E-state index is 0.274. The van der Waals surface area contributed by atoms with Gasteiger partial charge in [0.05, 0.1) is 6.54 Å². The Labute approximate surface area is 295 Å². The minimum Gasteiger partial charge on any atom is -0.444 e. The van der Waals surface area contributed by atoms with Crippen LogP contribution in [0.5, 0.6) is 0 Å². The van der Waals surface area contributed by atoms with Gasteiger partial charge in [0.15, 0.2) is 11.6 Å². The molecule has 3 aromatic carbocycles. The molecule has 4 aromatic rings. The van der Waals surface area contributed by atoms with E-state index in [0.29, 0.717) is 32.7 Å². The molecular formula is C41H47N5O4. The van der Waals surface area contributed by atoms with Gasteiger partial charge in [0, 0.05) is 37.3 Å². The number of benzene rings is 3. The summed E-state index contributed by atoms with van der Waals surface area (Å²) in [7, 11) is 0. The minimum atomic E-state index is -0.511. The SMILES string of the molecule is CC(C)(C)OC(=O)N1CC=C(c2ccc(-c3nnc(-c4ccc(C5=CCN(C(=O)OC(C)(C)C)CC5)cc4)n3Cc3ccccc3)cc2)CC1. The molecular weight excluding hydrogens is 626 g/mol. The number of nitrogens with zero attached hydrogens (tertiary/aromatic N) is 5. The second kappa shape index (κ2) is 14.4. The lowest BCUT2D eigenvalue weighted by atomic mass is 9.98. The summed E-state index contributed by atoms with van der Waals surface area (Å²) < 4.78 is 13.3. The van der Waals surface area contributed by atoms with E-state index in [-0.39, 0.29) is 12.2 Å². The fourth-order valence-electron chi connectivity index (χ4n) is 6.16. The van der Waals surface area contributed by atoms with Gasteiger partial charge in [-0.25, -0.2) is 9.59 Å². The first kappa shape index (κ1) is 34.7. The van der Waals surface area contributed by atoms with Gasteiger partial charge in [0.2, 0.25) is 0 Å². The van der Waals surface area contributed by atoms with Gasteiger partial charge in [-0.15, -0.1) is 10.2 Å². The van der Waals surface area contributed by atoms with Crippen LogP contribution in [-0.2, 0) is 16.0 Å². The molecule has 2 aliphatic heterocycles. The van der Waals surface area contributed by atoms with Crippen molar-refractivity contribution in [3.8, 4) is 22.8 Å². The van der Waals surface area contributed by atoms with Crippen molar-refractivity contribution in [1.29, 1.82) is 0 Å². The van der Waals surface area contributed by atoms with E-state index in [0.717, 1.165) is 52.3 Å². The molecule has 0 saturated heterocycles. The Hall–Kier alpha value is -5.18. The molecule has 0 bridgehead atoms. The van der Waals surface area contributed by atoms with Gasteiger partial charge in [-0.05, 0) is 82.2 Å². The summed E-state index contributed by atoms with van der Waals surface area (Å²) in [6, 6.07) is 27.3. The largest absolute Gasteiger partial charge is 0.444 e. The van der Waals surface area contributed by atoms with Gasteiger partial charge in [0.1, 0.15) is 11.2 Å². The van der Waals surface area contributed by atoms with Gasteiger partial charge in [-0.1, -0.05) is 91.0 Å². The number of hydrogen-bond acceptors (Lipinski definition) is 6. The van der Waals surface area contributed by atoms with E-state index < -0.39 is 11.2 Å². The van der Waals surface area contributed by atoms with Crippen LogP contribution in [0.25, 0.3) is 33.9 Å². The molecule has 9 nitrogen and oxygen atoms in total. The summed E-state index contributed by atoms with van der Waals surface area (Å²) >= 11 is 0. The monoisotopic (exact) mass is 673 g/mol. The van der Waals surface area contributed by atoms with Crippen LogP contribution in [0.15, 0.2) is 91.0 Å². The molecule has 260 valence electrons. The van der Waals surface area contributed by atoms with Crippen LogP contribution < -0.4 is 0 Å². The van der Waals surface area contributed by atoms with Crippen molar-refractivity contribution in [1.82, 2.24) is 24.6 Å². The first-order chi connectivity index (χ1) is 23.8. The average Bonchev–Trinajstić information content (AvgIpc) is 3.50. The van der Waals surface area contributed by atoms with Crippen molar-refractivity contribution in [2.45, 2.75) is 72.1 Å². The van der Waals surface area contributed by atoms with Crippen molar-refractivity contribution < 1.29 is 19.1 Å². The van der Waals surface area contributed by atoms with Gasteiger partial charge in [0.25, 0.3) is 0 Å². The lowest BCUT2D eigenvalue weighted by Crippen LogP contribution is -2.39. The smallest absolute Gasteiger partial charge is 0.410 e. The summed E-state index contributed by atoms with van der Waals surface area (Å²) in [6.45, 7) is 14.2. The lowest BCUT2D eigenvalue weighted by molar-refractivity contribution is 0.0260. The quantitative estimate of drug-likeness (QED) is 0.203. The number of hydrogen-bond donors (Lipinski definition) is 0. The molecule has 0 aliphatic carbocycles. The molecule has 6 rings (SSSR count). The number of ether oxygens (including phenoxy) is 2. The van der Waals surface area contributed by atoms with Crippen molar-refractivity contribution >= 4 is 23.3 Å². The van der Waals surface area contributed by atoms with Crippen LogP contribution >= 0.6 is 0 Å². The van der Waals surface area contributed by atoms with Crippen LogP contribution in [0.2, 0.25) is 0 Å². The Balaban J connectivity index is 1.20. The zero-order valence-corrected chi connectivity index (χ0v) is 30.0. The van der Waals surface area contributed by atoms with Crippen LogP contribution in [-0.4, -0.2) is 74.1 Å². The van der Waals surface area contributed by atoms with Crippen molar-refractivity contribution in [2.75, 3.05) is 26.2 Å². The highest BCUT2D eigenvalue weighted by molar-refractivity contribution is 5.75. The molecule has 0 fully saturated rings. The Kier molecular flexibility index (Phi) is 9.95. The number of carbonyl (C=O) groups is 2. The number of rotatable bonds is 6. The fourth-order valence-corrected chi connectivity index (χ4v) is 6.16. The summed E-state index contributed by atoms with van der Waals surface area (Å²) in [5.74, 6) is 1.59. The first-order valence-electron chi connectivity index (χ1n) is 17.4. The highest BCUT2D eigenvalue weighted by atomic mass is 16.6. The van der Waals surface area contributed by atoms with E-state index in [2.05, 4.69) is 77.4 Å². The Morgan fingerprint density at radius 1 is 0.600 bits per heavy atom. The third-order valence-electron chi connectivity index (χ3n) is 8.68. The second-order valence-electron chi connectivity index (χ2n) is 14.9. The second-order valence-corrected chi connectivity index (χ2v) is 14.9. The highest BCUT2D eigenvalue weighted by Crippen LogP contribution is 2.31. The van der Waals surface area contributed by atoms with Crippen LogP contribution in [0.4, 0.5) is 9.59 Å². The fraction of sp³-hybridized carbons (Fsp3) is 0.366. The molecule has 0 spiro atoms. The van der Waals surface area contributed by atoms with Crippen LogP contribution in [0, 0.1) is 0 Å². The van der Waals surface area contributed by atoms with E-state index >= 15 is 0 Å². The molecule has 2 aliphatic rings. The van der Waals surface area contributed by atoms with Crippen molar-refractivity contribution in [3.05, 3.63) is 108 Å². The lowest BCUT2D eigenvalue weighted by Gasteiger charge is -2.29. The van der Waals surface area contributed by atoms with E-state index in [9.17, 15) is 9.59 Å². The number of aromatic nitrogens is 3. The predicted molar refractivity (Wildman–Crippen MR) is 197 cm³/mol. The topological polar surface area (TPSA) is 89.8 Å². The highest BCUT2D eigenvalue weighted by Gasteiger charge is 2.26. The summed E-state index contributed by atoms with van der Waals surface area (Å²) in [5, 5.41) is 9.40. The molecule has 50 heavy (non-hydrogen) atoms. The van der Waals surface area contributed by atoms with Gasteiger partial charge >= 0.3 is 12.2 Å². The maximum Gasteiger partial charge on any atom is 0.410 e. The molecule has 1 aromatic heterocycles. The molecule has 9 heteroatoms. The van der Waals surface area contributed by atoms with E-state index in [1.807, 2.05) is 59.7 Å². The van der Waals surface area contributed by atoms with Gasteiger partial charge < -0.3 is 23.8 Å².